The van der Waals surface area contributed by atoms with Gasteiger partial charge in [-0.25, -0.2) is 0 Å². The van der Waals surface area contributed by atoms with Gasteiger partial charge in [0.05, 0.1) is 12.2 Å². The number of carbonyl (C=O) groups excluding carboxylic acids is 1. The van der Waals surface area contributed by atoms with Crippen LogP contribution in [0.4, 0.5) is 0 Å². The number of ether oxygens (including phenoxy) is 2. The molecule has 0 saturated heterocycles. The average molecular weight is 286 g/mol. The maximum Gasteiger partial charge on any atom is 0.169 e. The Morgan fingerprint density at radius 2 is 1.86 bits per heavy atom. The summed E-state index contributed by atoms with van der Waals surface area (Å²) >= 11 is 0. The fourth-order valence-corrected chi connectivity index (χ4v) is 3.89. The summed E-state index contributed by atoms with van der Waals surface area (Å²) in [7, 11) is 1.77. The number of hydrogen-bond donors (Lipinski definition) is 0. The van der Waals surface area contributed by atoms with Crippen LogP contribution in [0.5, 0.6) is 5.75 Å². The third-order valence-electron chi connectivity index (χ3n) is 5.39. The molecule has 0 radical (unpaired) electrons. The summed E-state index contributed by atoms with van der Waals surface area (Å²) in [4.78, 5) is 12.9. The second-order valence-electron chi connectivity index (χ2n) is 6.86. The summed E-state index contributed by atoms with van der Waals surface area (Å²) in [5.41, 5.74) is 1.96. The van der Waals surface area contributed by atoms with Crippen LogP contribution in [0.1, 0.15) is 54.4 Å². The summed E-state index contributed by atoms with van der Waals surface area (Å²) in [6.07, 6.45) is 7.83. The standard InChI is InChI=1S/C18H22O3/c1-20-13-6-8-18(9-7-13)11-12-2-3-15(21-14-4-5-14)10-16(12)17(18)19/h2-3,10,13-14H,4-9,11H2,1H3. The highest BCUT2D eigenvalue weighted by atomic mass is 16.5. The summed E-state index contributed by atoms with van der Waals surface area (Å²) in [5.74, 6) is 1.21. The molecule has 1 aromatic rings. The van der Waals surface area contributed by atoms with Crippen molar-refractivity contribution >= 4 is 5.78 Å². The molecule has 0 atom stereocenters. The van der Waals surface area contributed by atoms with E-state index in [1.807, 2.05) is 12.1 Å². The van der Waals surface area contributed by atoms with Crippen LogP contribution in [0.15, 0.2) is 18.2 Å². The maximum absolute atomic E-state index is 12.9. The summed E-state index contributed by atoms with van der Waals surface area (Å²) < 4.78 is 11.3. The van der Waals surface area contributed by atoms with E-state index < -0.39 is 0 Å². The highest BCUT2D eigenvalue weighted by molar-refractivity contribution is 6.05. The number of ketones is 1. The zero-order valence-corrected chi connectivity index (χ0v) is 12.6. The van der Waals surface area contributed by atoms with Gasteiger partial charge < -0.3 is 9.47 Å². The van der Waals surface area contributed by atoms with Crippen LogP contribution in [0.3, 0.4) is 0 Å². The molecule has 2 fully saturated rings. The number of Topliss-reactive ketones (excluding diaryl/α,β-unsaturated/α-hetero) is 1. The molecule has 21 heavy (non-hydrogen) atoms. The van der Waals surface area contributed by atoms with Crippen molar-refractivity contribution in [3.8, 4) is 5.75 Å². The van der Waals surface area contributed by atoms with Gasteiger partial charge in [-0.05, 0) is 62.6 Å². The molecular formula is C18H22O3. The van der Waals surface area contributed by atoms with Gasteiger partial charge in [-0.1, -0.05) is 6.07 Å². The first-order valence-electron chi connectivity index (χ1n) is 8.07. The molecule has 3 nitrogen and oxygen atoms in total. The number of rotatable bonds is 3. The molecule has 0 aliphatic heterocycles. The molecular weight excluding hydrogens is 264 g/mol. The van der Waals surface area contributed by atoms with Gasteiger partial charge in [0.1, 0.15) is 5.75 Å². The predicted molar refractivity (Wildman–Crippen MR) is 79.8 cm³/mol. The Bertz CT molecular complexity index is 566. The van der Waals surface area contributed by atoms with Gasteiger partial charge in [-0.3, -0.25) is 4.79 Å². The second kappa shape index (κ2) is 4.84. The van der Waals surface area contributed by atoms with Crippen molar-refractivity contribution in [3.63, 3.8) is 0 Å². The zero-order valence-electron chi connectivity index (χ0n) is 12.6. The molecule has 0 bridgehead atoms. The van der Waals surface area contributed by atoms with Crippen LogP contribution >= 0.6 is 0 Å². The van der Waals surface area contributed by atoms with Crippen LogP contribution in [0.2, 0.25) is 0 Å². The van der Waals surface area contributed by atoms with Gasteiger partial charge in [-0.15, -0.1) is 0 Å². The highest BCUT2D eigenvalue weighted by Gasteiger charge is 2.47. The molecule has 3 aliphatic rings. The molecule has 0 aromatic heterocycles. The monoisotopic (exact) mass is 286 g/mol. The van der Waals surface area contributed by atoms with Gasteiger partial charge in [-0.2, -0.15) is 0 Å². The molecule has 2 saturated carbocycles. The molecule has 3 heteroatoms. The quantitative estimate of drug-likeness (QED) is 0.852. The van der Waals surface area contributed by atoms with Gasteiger partial charge >= 0.3 is 0 Å². The van der Waals surface area contributed by atoms with E-state index in [2.05, 4.69) is 6.07 Å². The molecule has 3 aliphatic carbocycles. The van der Waals surface area contributed by atoms with Crippen molar-refractivity contribution in [3.05, 3.63) is 29.3 Å². The van der Waals surface area contributed by atoms with Crippen molar-refractivity contribution in [2.24, 2.45) is 5.41 Å². The van der Waals surface area contributed by atoms with Crippen molar-refractivity contribution in [1.29, 1.82) is 0 Å². The van der Waals surface area contributed by atoms with Gasteiger partial charge in [0.25, 0.3) is 0 Å². The smallest absolute Gasteiger partial charge is 0.169 e. The zero-order chi connectivity index (χ0) is 14.4. The first kappa shape index (κ1) is 13.3. The summed E-state index contributed by atoms with van der Waals surface area (Å²) in [6, 6.07) is 6.11. The highest BCUT2D eigenvalue weighted by Crippen LogP contribution is 2.48. The maximum atomic E-state index is 12.9. The van der Waals surface area contributed by atoms with Gasteiger partial charge in [0.15, 0.2) is 5.78 Å². The molecule has 0 amide bonds. The average Bonchev–Trinajstić information content (AvgIpc) is 3.28. The molecule has 1 aromatic carbocycles. The number of hydrogen-bond acceptors (Lipinski definition) is 3. The fourth-order valence-electron chi connectivity index (χ4n) is 3.89. The molecule has 1 spiro atoms. The van der Waals surface area contributed by atoms with E-state index in [1.54, 1.807) is 7.11 Å². The topological polar surface area (TPSA) is 35.5 Å². The first-order valence-corrected chi connectivity index (χ1v) is 8.07. The molecule has 4 rings (SSSR count). The Labute approximate surface area is 125 Å². The van der Waals surface area contributed by atoms with Crippen molar-refractivity contribution < 1.29 is 14.3 Å². The number of fused-ring (bicyclic) bond motifs is 1. The van der Waals surface area contributed by atoms with E-state index in [4.69, 9.17) is 9.47 Å². The number of methoxy groups -OCH3 is 1. The van der Waals surface area contributed by atoms with Crippen LogP contribution in [0, 0.1) is 5.41 Å². The minimum atomic E-state index is -0.157. The summed E-state index contributed by atoms with van der Waals surface area (Å²) in [5, 5.41) is 0. The third kappa shape index (κ3) is 2.28. The van der Waals surface area contributed by atoms with E-state index in [-0.39, 0.29) is 5.41 Å². The lowest BCUT2D eigenvalue weighted by Crippen LogP contribution is -2.35. The van der Waals surface area contributed by atoms with Gasteiger partial charge in [0.2, 0.25) is 0 Å². The Kier molecular flexibility index (Phi) is 3.07. The molecule has 0 unspecified atom stereocenters. The molecule has 0 heterocycles. The van der Waals surface area contributed by atoms with E-state index >= 15 is 0 Å². The Morgan fingerprint density at radius 1 is 1.10 bits per heavy atom. The minimum Gasteiger partial charge on any atom is -0.490 e. The first-order chi connectivity index (χ1) is 10.2. The Hall–Kier alpha value is -1.35. The molecule has 0 N–H and O–H groups in total. The lowest BCUT2D eigenvalue weighted by molar-refractivity contribution is 0.0285. The summed E-state index contributed by atoms with van der Waals surface area (Å²) in [6.45, 7) is 0. The molecule has 112 valence electrons. The third-order valence-corrected chi connectivity index (χ3v) is 5.39. The van der Waals surface area contributed by atoms with Crippen LogP contribution < -0.4 is 4.74 Å². The van der Waals surface area contributed by atoms with E-state index in [0.29, 0.717) is 18.0 Å². The second-order valence-corrected chi connectivity index (χ2v) is 6.86. The number of benzene rings is 1. The Balaban J connectivity index is 1.56. The Morgan fingerprint density at radius 3 is 2.52 bits per heavy atom. The lowest BCUT2D eigenvalue weighted by atomic mass is 9.70. The largest absolute Gasteiger partial charge is 0.490 e. The lowest BCUT2D eigenvalue weighted by Gasteiger charge is -2.35. The minimum absolute atomic E-state index is 0.157. The van der Waals surface area contributed by atoms with Crippen LogP contribution in [0.25, 0.3) is 0 Å². The SMILES string of the molecule is COC1CCC2(CC1)Cc1ccc(OC3CC3)cc1C2=O. The number of carbonyl (C=O) groups is 1. The van der Waals surface area contributed by atoms with E-state index in [0.717, 1.165) is 56.3 Å². The van der Waals surface area contributed by atoms with Crippen molar-refractivity contribution in [2.75, 3.05) is 7.11 Å². The van der Waals surface area contributed by atoms with Crippen LogP contribution in [-0.2, 0) is 11.2 Å². The van der Waals surface area contributed by atoms with E-state index in [1.165, 1.54) is 5.56 Å². The fraction of sp³-hybridized carbons (Fsp3) is 0.611. The van der Waals surface area contributed by atoms with Gasteiger partial charge in [0, 0.05) is 18.1 Å². The van der Waals surface area contributed by atoms with Crippen LogP contribution in [-0.4, -0.2) is 25.1 Å². The van der Waals surface area contributed by atoms with Crippen molar-refractivity contribution in [2.45, 2.75) is 57.2 Å². The predicted octanol–water partition coefficient (Wildman–Crippen LogP) is 3.54. The van der Waals surface area contributed by atoms with Crippen molar-refractivity contribution in [1.82, 2.24) is 0 Å². The normalized spacial score (nSPS) is 31.5. The van der Waals surface area contributed by atoms with E-state index in [9.17, 15) is 4.79 Å².